The molecule has 0 aliphatic heterocycles. The van der Waals surface area contributed by atoms with Gasteiger partial charge in [-0.25, -0.2) is 4.79 Å². The fourth-order valence-electron chi connectivity index (χ4n) is 1.45. The molecule has 1 unspecified atom stereocenters. The Labute approximate surface area is 90.0 Å². The van der Waals surface area contributed by atoms with Crippen LogP contribution in [0.1, 0.15) is 34.1 Å². The normalized spacial score (nSPS) is 12.3. The van der Waals surface area contributed by atoms with Gasteiger partial charge < -0.3 is 14.7 Å². The van der Waals surface area contributed by atoms with Crippen LogP contribution in [0.5, 0.6) is 0 Å². The van der Waals surface area contributed by atoms with E-state index in [9.17, 15) is 9.59 Å². The number of ether oxygens (including phenoxy) is 1. The second kappa shape index (κ2) is 6.27. The van der Waals surface area contributed by atoms with Crippen LogP contribution >= 0.6 is 0 Å². The lowest BCUT2D eigenvalue weighted by atomic mass is 10.2. The first kappa shape index (κ1) is 13.7. The third kappa shape index (κ3) is 4.67. The minimum Gasteiger partial charge on any atom is -0.481 e. The van der Waals surface area contributed by atoms with Crippen molar-refractivity contribution in [2.45, 2.75) is 46.2 Å². The summed E-state index contributed by atoms with van der Waals surface area (Å²) in [6.45, 7) is 7.37. The molecule has 0 spiro atoms. The molecule has 0 rings (SSSR count). The van der Waals surface area contributed by atoms with E-state index in [1.807, 2.05) is 13.8 Å². The molecule has 0 heterocycles. The highest BCUT2D eigenvalue weighted by Crippen LogP contribution is 2.11. The van der Waals surface area contributed by atoms with Gasteiger partial charge in [-0.15, -0.1) is 0 Å². The molecule has 0 fully saturated rings. The van der Waals surface area contributed by atoms with Gasteiger partial charge in [0.25, 0.3) is 0 Å². The topological polar surface area (TPSA) is 66.8 Å². The SMILES string of the molecule is CCOC(=O)N(C(C)C)C(C)CC(=O)O. The lowest BCUT2D eigenvalue weighted by Crippen LogP contribution is -2.44. The Morgan fingerprint density at radius 1 is 1.33 bits per heavy atom. The van der Waals surface area contributed by atoms with Gasteiger partial charge in [0.2, 0.25) is 0 Å². The van der Waals surface area contributed by atoms with E-state index in [-0.39, 0.29) is 18.5 Å². The van der Waals surface area contributed by atoms with Crippen molar-refractivity contribution in [2.75, 3.05) is 6.61 Å². The van der Waals surface area contributed by atoms with Gasteiger partial charge in [-0.3, -0.25) is 4.79 Å². The van der Waals surface area contributed by atoms with Crippen LogP contribution in [0.2, 0.25) is 0 Å². The lowest BCUT2D eigenvalue weighted by Gasteiger charge is -2.30. The van der Waals surface area contributed by atoms with Gasteiger partial charge in [0.05, 0.1) is 13.0 Å². The highest BCUT2D eigenvalue weighted by atomic mass is 16.6. The third-order valence-electron chi connectivity index (χ3n) is 1.98. The number of nitrogens with zero attached hydrogens (tertiary/aromatic N) is 1. The predicted molar refractivity (Wildman–Crippen MR) is 55.7 cm³/mol. The van der Waals surface area contributed by atoms with Crippen molar-refractivity contribution in [3.05, 3.63) is 0 Å². The van der Waals surface area contributed by atoms with Gasteiger partial charge in [-0.1, -0.05) is 0 Å². The fourth-order valence-corrected chi connectivity index (χ4v) is 1.45. The van der Waals surface area contributed by atoms with Crippen molar-refractivity contribution in [3.63, 3.8) is 0 Å². The summed E-state index contributed by atoms with van der Waals surface area (Å²) in [6, 6.07) is -0.431. The smallest absolute Gasteiger partial charge is 0.410 e. The zero-order valence-electron chi connectivity index (χ0n) is 9.69. The molecule has 88 valence electrons. The Morgan fingerprint density at radius 3 is 2.20 bits per heavy atom. The summed E-state index contributed by atoms with van der Waals surface area (Å²) in [5, 5.41) is 8.65. The van der Waals surface area contributed by atoms with Crippen molar-refractivity contribution in [1.82, 2.24) is 4.90 Å². The van der Waals surface area contributed by atoms with Crippen molar-refractivity contribution in [2.24, 2.45) is 0 Å². The number of hydrogen-bond donors (Lipinski definition) is 1. The van der Waals surface area contributed by atoms with Crippen LogP contribution in [0, 0.1) is 0 Å². The molecule has 0 bridgehead atoms. The van der Waals surface area contributed by atoms with Gasteiger partial charge in [0.15, 0.2) is 0 Å². The van der Waals surface area contributed by atoms with Crippen LogP contribution in [-0.2, 0) is 9.53 Å². The van der Waals surface area contributed by atoms with Crippen molar-refractivity contribution < 1.29 is 19.4 Å². The summed E-state index contributed by atoms with van der Waals surface area (Å²) in [4.78, 5) is 23.5. The first-order valence-corrected chi connectivity index (χ1v) is 5.07. The molecular weight excluding hydrogens is 198 g/mol. The Hall–Kier alpha value is -1.26. The summed E-state index contributed by atoms with van der Waals surface area (Å²) in [5.41, 5.74) is 0. The van der Waals surface area contributed by atoms with E-state index in [4.69, 9.17) is 9.84 Å². The van der Waals surface area contributed by atoms with Crippen molar-refractivity contribution in [3.8, 4) is 0 Å². The van der Waals surface area contributed by atoms with Crippen LogP contribution in [0.15, 0.2) is 0 Å². The van der Waals surface area contributed by atoms with E-state index < -0.39 is 12.1 Å². The molecular formula is C10H19NO4. The van der Waals surface area contributed by atoms with Gasteiger partial charge in [-0.05, 0) is 27.7 Å². The van der Waals surface area contributed by atoms with Crippen molar-refractivity contribution >= 4 is 12.1 Å². The van der Waals surface area contributed by atoms with Gasteiger partial charge in [0.1, 0.15) is 0 Å². The summed E-state index contributed by atoms with van der Waals surface area (Å²) >= 11 is 0. The molecule has 5 nitrogen and oxygen atoms in total. The Morgan fingerprint density at radius 2 is 1.87 bits per heavy atom. The molecule has 0 aliphatic rings. The minimum absolute atomic E-state index is 0.0709. The second-order valence-electron chi connectivity index (χ2n) is 3.65. The molecule has 0 aliphatic carbocycles. The molecule has 1 atom stereocenters. The van der Waals surface area contributed by atoms with E-state index in [0.29, 0.717) is 6.61 Å². The molecule has 0 saturated carbocycles. The summed E-state index contributed by atoms with van der Waals surface area (Å²) in [6.07, 6.45) is -0.530. The maximum atomic E-state index is 11.5. The molecule has 0 aromatic carbocycles. The molecule has 5 heteroatoms. The first-order chi connectivity index (χ1) is 6.90. The number of carboxylic acid groups (broad SMARTS) is 1. The highest BCUT2D eigenvalue weighted by Gasteiger charge is 2.25. The molecule has 0 saturated heterocycles. The molecule has 0 aromatic heterocycles. The van der Waals surface area contributed by atoms with Gasteiger partial charge in [-0.2, -0.15) is 0 Å². The first-order valence-electron chi connectivity index (χ1n) is 5.07. The maximum Gasteiger partial charge on any atom is 0.410 e. The van der Waals surface area contributed by atoms with Crippen LogP contribution in [0.3, 0.4) is 0 Å². The third-order valence-corrected chi connectivity index (χ3v) is 1.98. The number of carbonyl (C=O) groups excluding carboxylic acids is 1. The van der Waals surface area contributed by atoms with Gasteiger partial charge >= 0.3 is 12.1 Å². The second-order valence-corrected chi connectivity index (χ2v) is 3.65. The Bertz CT molecular complexity index is 227. The number of carbonyl (C=O) groups is 2. The average Bonchev–Trinajstić information content (AvgIpc) is 2.01. The van der Waals surface area contributed by atoms with Gasteiger partial charge in [0, 0.05) is 12.1 Å². The van der Waals surface area contributed by atoms with Crippen LogP contribution in [0.25, 0.3) is 0 Å². The average molecular weight is 217 g/mol. The zero-order chi connectivity index (χ0) is 12.0. The van der Waals surface area contributed by atoms with Crippen molar-refractivity contribution in [1.29, 1.82) is 0 Å². The number of aliphatic carboxylic acids is 1. The monoisotopic (exact) mass is 217 g/mol. The highest BCUT2D eigenvalue weighted by molar-refractivity contribution is 5.71. The quantitative estimate of drug-likeness (QED) is 0.761. The van der Waals surface area contributed by atoms with Crippen LogP contribution < -0.4 is 0 Å². The summed E-state index contributed by atoms with van der Waals surface area (Å²) in [5.74, 6) is -0.919. The Balaban J connectivity index is 4.50. The largest absolute Gasteiger partial charge is 0.481 e. The van der Waals surface area contributed by atoms with E-state index in [1.54, 1.807) is 13.8 Å². The molecule has 0 aromatic rings. The number of hydrogen-bond acceptors (Lipinski definition) is 3. The number of rotatable bonds is 5. The van der Waals surface area contributed by atoms with Crippen LogP contribution in [-0.4, -0.2) is 40.8 Å². The fraction of sp³-hybridized carbons (Fsp3) is 0.800. The maximum absolute atomic E-state index is 11.5. The molecule has 1 amide bonds. The molecule has 1 N–H and O–H groups in total. The zero-order valence-corrected chi connectivity index (χ0v) is 9.69. The minimum atomic E-state index is -0.919. The molecule has 15 heavy (non-hydrogen) atoms. The summed E-state index contributed by atoms with van der Waals surface area (Å²) < 4.78 is 4.86. The van der Waals surface area contributed by atoms with E-state index in [2.05, 4.69) is 0 Å². The molecule has 0 radical (unpaired) electrons. The number of carboxylic acids is 1. The standard InChI is InChI=1S/C10H19NO4/c1-5-15-10(14)11(7(2)3)8(4)6-9(12)13/h7-8H,5-6H2,1-4H3,(H,12,13). The van der Waals surface area contributed by atoms with Crippen LogP contribution in [0.4, 0.5) is 4.79 Å². The van der Waals surface area contributed by atoms with E-state index in [1.165, 1.54) is 4.90 Å². The lowest BCUT2D eigenvalue weighted by molar-refractivity contribution is -0.138. The van der Waals surface area contributed by atoms with E-state index >= 15 is 0 Å². The summed E-state index contributed by atoms with van der Waals surface area (Å²) in [7, 11) is 0. The number of amides is 1. The Kier molecular flexibility index (Phi) is 5.74. The van der Waals surface area contributed by atoms with E-state index in [0.717, 1.165) is 0 Å². The predicted octanol–water partition coefficient (Wildman–Crippen LogP) is 1.72.